The molecule has 0 fully saturated rings. The van der Waals surface area contributed by atoms with Gasteiger partial charge in [0.2, 0.25) is 0 Å². The molecule has 3 N–H and O–H groups in total. The molecule has 0 heterocycles. The van der Waals surface area contributed by atoms with E-state index in [0.29, 0.717) is 11.1 Å². The molecular formula is C18H17N3O4. The molecule has 128 valence electrons. The second-order valence-electron chi connectivity index (χ2n) is 4.91. The minimum absolute atomic E-state index is 0.383. The van der Waals surface area contributed by atoms with Gasteiger partial charge in [0.15, 0.2) is 0 Å². The highest BCUT2D eigenvalue weighted by atomic mass is 16.5. The standard InChI is InChI=1S/C18H17N3O4/c1-25-16-8-5-14(6-9-16)12-19-20-18(23)15-4-2-3-13(11-15)7-10-17(22)21-24/h2-12,24H,1H3,(H,20,23)(H,21,22)/b10-7+,19-12+. The van der Waals surface area contributed by atoms with Crippen LogP contribution < -0.4 is 15.6 Å². The third-order valence-corrected chi connectivity index (χ3v) is 3.18. The van der Waals surface area contributed by atoms with E-state index in [1.807, 2.05) is 12.1 Å². The van der Waals surface area contributed by atoms with Gasteiger partial charge >= 0.3 is 0 Å². The first-order chi connectivity index (χ1) is 12.1. The lowest BCUT2D eigenvalue weighted by molar-refractivity contribution is -0.124. The summed E-state index contributed by atoms with van der Waals surface area (Å²) in [5.74, 6) is -0.300. The molecule has 7 nitrogen and oxygen atoms in total. The number of rotatable bonds is 6. The first-order valence-electron chi connectivity index (χ1n) is 7.32. The third-order valence-electron chi connectivity index (χ3n) is 3.18. The minimum atomic E-state index is -0.654. The Kier molecular flexibility index (Phi) is 6.44. The van der Waals surface area contributed by atoms with E-state index in [-0.39, 0.29) is 5.91 Å². The van der Waals surface area contributed by atoms with Crippen LogP contribution in [-0.2, 0) is 4.79 Å². The molecule has 0 atom stereocenters. The molecule has 0 saturated heterocycles. The van der Waals surface area contributed by atoms with Crippen LogP contribution >= 0.6 is 0 Å². The van der Waals surface area contributed by atoms with Crippen molar-refractivity contribution in [2.75, 3.05) is 7.11 Å². The van der Waals surface area contributed by atoms with E-state index in [0.717, 1.165) is 17.4 Å². The van der Waals surface area contributed by atoms with Crippen LogP contribution in [0.15, 0.2) is 59.7 Å². The van der Waals surface area contributed by atoms with Crippen LogP contribution in [0.4, 0.5) is 0 Å². The van der Waals surface area contributed by atoms with Crippen LogP contribution in [0, 0.1) is 0 Å². The average molecular weight is 339 g/mol. The number of ether oxygens (including phenoxy) is 1. The number of benzene rings is 2. The van der Waals surface area contributed by atoms with E-state index < -0.39 is 5.91 Å². The van der Waals surface area contributed by atoms with Gasteiger partial charge in [0.1, 0.15) is 5.75 Å². The van der Waals surface area contributed by atoms with E-state index in [1.54, 1.807) is 43.5 Å². The zero-order valence-corrected chi connectivity index (χ0v) is 13.5. The van der Waals surface area contributed by atoms with Gasteiger partial charge in [-0.25, -0.2) is 10.9 Å². The number of amides is 2. The number of methoxy groups -OCH3 is 1. The fourth-order valence-electron chi connectivity index (χ4n) is 1.91. The molecule has 0 unspecified atom stereocenters. The van der Waals surface area contributed by atoms with Crippen molar-refractivity contribution in [1.29, 1.82) is 0 Å². The number of hydrazone groups is 1. The lowest BCUT2D eigenvalue weighted by atomic mass is 10.1. The normalized spacial score (nSPS) is 10.8. The highest BCUT2D eigenvalue weighted by Crippen LogP contribution is 2.10. The summed E-state index contributed by atoms with van der Waals surface area (Å²) in [4.78, 5) is 23.1. The summed E-state index contributed by atoms with van der Waals surface area (Å²) in [7, 11) is 1.59. The second-order valence-corrected chi connectivity index (χ2v) is 4.91. The zero-order chi connectivity index (χ0) is 18.1. The topological polar surface area (TPSA) is 100 Å². The quantitative estimate of drug-likeness (QED) is 0.324. The molecule has 0 bridgehead atoms. The predicted octanol–water partition coefficient (Wildman–Crippen LogP) is 1.98. The van der Waals surface area contributed by atoms with Crippen LogP contribution in [0.5, 0.6) is 5.75 Å². The Balaban J connectivity index is 1.99. The summed E-state index contributed by atoms with van der Waals surface area (Å²) in [6.45, 7) is 0. The smallest absolute Gasteiger partial charge is 0.271 e. The summed E-state index contributed by atoms with van der Waals surface area (Å²) in [6, 6.07) is 13.8. The first kappa shape index (κ1) is 17.9. The Hall–Kier alpha value is -3.45. The van der Waals surface area contributed by atoms with Crippen molar-refractivity contribution < 1.29 is 19.5 Å². The number of nitrogens with zero attached hydrogens (tertiary/aromatic N) is 1. The van der Waals surface area contributed by atoms with Crippen LogP contribution in [0.2, 0.25) is 0 Å². The zero-order valence-electron chi connectivity index (χ0n) is 13.5. The molecule has 0 aliphatic heterocycles. The maximum absolute atomic E-state index is 12.1. The van der Waals surface area contributed by atoms with Gasteiger partial charge in [0.25, 0.3) is 11.8 Å². The van der Waals surface area contributed by atoms with E-state index in [4.69, 9.17) is 9.94 Å². The molecule has 2 amide bonds. The molecule has 2 aromatic rings. The monoisotopic (exact) mass is 339 g/mol. The molecule has 0 saturated carbocycles. The van der Waals surface area contributed by atoms with Crippen molar-refractivity contribution in [2.45, 2.75) is 0 Å². The van der Waals surface area contributed by atoms with Crippen molar-refractivity contribution in [3.63, 3.8) is 0 Å². The number of hydroxylamine groups is 1. The van der Waals surface area contributed by atoms with Crippen LogP contribution in [-0.4, -0.2) is 30.3 Å². The fourth-order valence-corrected chi connectivity index (χ4v) is 1.91. The van der Waals surface area contributed by atoms with Gasteiger partial charge in [-0.05, 0) is 53.6 Å². The lowest BCUT2D eigenvalue weighted by Crippen LogP contribution is -2.17. The van der Waals surface area contributed by atoms with E-state index >= 15 is 0 Å². The highest BCUT2D eigenvalue weighted by molar-refractivity contribution is 5.96. The van der Waals surface area contributed by atoms with Crippen molar-refractivity contribution in [3.8, 4) is 5.75 Å². The number of carbonyl (C=O) groups excluding carboxylic acids is 2. The predicted molar refractivity (Wildman–Crippen MR) is 93.5 cm³/mol. The van der Waals surface area contributed by atoms with Gasteiger partial charge in [-0.3, -0.25) is 14.8 Å². The van der Waals surface area contributed by atoms with Crippen LogP contribution in [0.3, 0.4) is 0 Å². The Morgan fingerprint density at radius 2 is 1.88 bits per heavy atom. The van der Waals surface area contributed by atoms with Gasteiger partial charge in [-0.2, -0.15) is 5.10 Å². The van der Waals surface area contributed by atoms with Crippen LogP contribution in [0.1, 0.15) is 21.5 Å². The summed E-state index contributed by atoms with van der Waals surface area (Å²) in [5, 5.41) is 12.3. The summed E-state index contributed by atoms with van der Waals surface area (Å²) in [5.41, 5.74) is 5.76. The number of hydrogen-bond acceptors (Lipinski definition) is 5. The van der Waals surface area contributed by atoms with Crippen molar-refractivity contribution in [3.05, 3.63) is 71.3 Å². The van der Waals surface area contributed by atoms with Crippen molar-refractivity contribution in [2.24, 2.45) is 5.10 Å². The third kappa shape index (κ3) is 5.60. The SMILES string of the molecule is COc1ccc(/C=N/NC(=O)c2cccc(/C=C/C(=O)NO)c2)cc1. The molecular weight excluding hydrogens is 322 g/mol. The number of hydrogen-bond donors (Lipinski definition) is 3. The van der Waals surface area contributed by atoms with Gasteiger partial charge in [0, 0.05) is 11.6 Å². The van der Waals surface area contributed by atoms with E-state index in [1.165, 1.54) is 17.8 Å². The molecule has 0 spiro atoms. The largest absolute Gasteiger partial charge is 0.497 e. The first-order valence-corrected chi connectivity index (χ1v) is 7.32. The van der Waals surface area contributed by atoms with Crippen molar-refractivity contribution in [1.82, 2.24) is 10.9 Å². The van der Waals surface area contributed by atoms with Crippen LogP contribution in [0.25, 0.3) is 6.08 Å². The molecule has 25 heavy (non-hydrogen) atoms. The summed E-state index contributed by atoms with van der Waals surface area (Å²) >= 11 is 0. The van der Waals surface area contributed by atoms with E-state index in [9.17, 15) is 9.59 Å². The molecule has 0 aromatic heterocycles. The van der Waals surface area contributed by atoms with E-state index in [2.05, 4.69) is 10.5 Å². The summed E-state index contributed by atoms with van der Waals surface area (Å²) < 4.78 is 5.06. The fraction of sp³-hybridized carbons (Fsp3) is 0.0556. The Labute approximate surface area is 144 Å². The second kappa shape index (κ2) is 8.99. The van der Waals surface area contributed by atoms with Gasteiger partial charge in [-0.1, -0.05) is 12.1 Å². The van der Waals surface area contributed by atoms with Gasteiger partial charge in [0.05, 0.1) is 13.3 Å². The maximum atomic E-state index is 12.1. The van der Waals surface area contributed by atoms with Crippen molar-refractivity contribution >= 4 is 24.1 Å². The number of nitrogens with one attached hydrogen (secondary N) is 2. The average Bonchev–Trinajstić information content (AvgIpc) is 2.66. The molecule has 7 heteroatoms. The number of carbonyl (C=O) groups is 2. The van der Waals surface area contributed by atoms with Gasteiger partial charge < -0.3 is 4.74 Å². The van der Waals surface area contributed by atoms with Gasteiger partial charge in [-0.15, -0.1) is 0 Å². The molecule has 0 radical (unpaired) electrons. The lowest BCUT2D eigenvalue weighted by Gasteiger charge is -2.02. The maximum Gasteiger partial charge on any atom is 0.271 e. The molecule has 0 aliphatic rings. The minimum Gasteiger partial charge on any atom is -0.497 e. The Bertz CT molecular complexity index is 798. The highest BCUT2D eigenvalue weighted by Gasteiger charge is 2.04. The summed E-state index contributed by atoms with van der Waals surface area (Å²) in [6.07, 6.45) is 4.15. The Morgan fingerprint density at radius 1 is 1.12 bits per heavy atom. The Morgan fingerprint density at radius 3 is 2.56 bits per heavy atom. The molecule has 2 aromatic carbocycles. The molecule has 0 aliphatic carbocycles. The molecule has 2 rings (SSSR count).